The molecule has 3 N–H and O–H groups in total. The average Bonchev–Trinajstić information content (AvgIpc) is 2.96. The molecule has 0 aliphatic carbocycles. The molecule has 0 aromatic carbocycles. The van der Waals surface area contributed by atoms with Gasteiger partial charge < -0.3 is 20.4 Å². The van der Waals surface area contributed by atoms with Crippen molar-refractivity contribution in [2.75, 3.05) is 20.7 Å². The standard InChI is InChI=1S/C15H18F2N4O3/c1-7(6-19-15(23)13(16)17)10-11-8(4-5-9(21-11)24-3)20-12(10)14(22)18-2/h4-5,7,13,20H,6H2,1-3H3,(H,18,22)(H,19,23)/t7-/m1/s1. The molecule has 130 valence electrons. The van der Waals surface area contributed by atoms with Crippen molar-refractivity contribution >= 4 is 22.8 Å². The first-order valence-electron chi connectivity index (χ1n) is 7.23. The Bertz CT molecular complexity index is 761. The molecule has 0 fully saturated rings. The summed E-state index contributed by atoms with van der Waals surface area (Å²) >= 11 is 0. The summed E-state index contributed by atoms with van der Waals surface area (Å²) in [5.41, 5.74) is 1.90. The van der Waals surface area contributed by atoms with Crippen molar-refractivity contribution in [2.24, 2.45) is 0 Å². The second-order valence-corrected chi connectivity index (χ2v) is 5.19. The van der Waals surface area contributed by atoms with Crippen LogP contribution in [0.4, 0.5) is 8.78 Å². The molecule has 2 rings (SSSR count). The van der Waals surface area contributed by atoms with E-state index in [9.17, 15) is 18.4 Å². The number of hydrogen-bond donors (Lipinski definition) is 3. The number of aromatic amines is 1. The van der Waals surface area contributed by atoms with Crippen molar-refractivity contribution in [1.82, 2.24) is 20.6 Å². The molecule has 0 aliphatic heterocycles. The molecule has 0 unspecified atom stereocenters. The number of nitrogens with one attached hydrogen (secondary N) is 3. The Labute approximate surface area is 136 Å². The summed E-state index contributed by atoms with van der Waals surface area (Å²) in [4.78, 5) is 30.5. The number of rotatable bonds is 6. The van der Waals surface area contributed by atoms with Gasteiger partial charge in [0.25, 0.3) is 11.8 Å². The molecule has 2 aromatic heterocycles. The van der Waals surface area contributed by atoms with Crippen LogP contribution < -0.4 is 15.4 Å². The molecule has 0 aliphatic rings. The van der Waals surface area contributed by atoms with Crippen LogP contribution in [0.2, 0.25) is 0 Å². The third kappa shape index (κ3) is 3.44. The van der Waals surface area contributed by atoms with E-state index in [4.69, 9.17) is 4.74 Å². The molecule has 0 saturated heterocycles. The van der Waals surface area contributed by atoms with E-state index >= 15 is 0 Å². The highest BCUT2D eigenvalue weighted by Gasteiger charge is 2.24. The van der Waals surface area contributed by atoms with Gasteiger partial charge >= 0.3 is 6.43 Å². The van der Waals surface area contributed by atoms with Crippen LogP contribution in [-0.4, -0.2) is 48.9 Å². The third-order valence-corrected chi connectivity index (χ3v) is 3.59. The lowest BCUT2D eigenvalue weighted by molar-refractivity contribution is -0.131. The van der Waals surface area contributed by atoms with Gasteiger partial charge in [0, 0.05) is 31.1 Å². The lowest BCUT2D eigenvalue weighted by atomic mass is 9.99. The SMILES string of the molecule is CNC(=O)c1[nH]c2ccc(OC)nc2c1[C@H](C)CNC(=O)C(F)F. The largest absolute Gasteiger partial charge is 0.481 e. The van der Waals surface area contributed by atoms with Gasteiger partial charge in [-0.1, -0.05) is 6.92 Å². The Morgan fingerprint density at radius 1 is 1.38 bits per heavy atom. The molecule has 2 aromatic rings. The number of aromatic nitrogens is 2. The number of alkyl halides is 2. The molecule has 7 nitrogen and oxygen atoms in total. The first kappa shape index (κ1) is 17.6. The molecule has 0 saturated carbocycles. The number of H-pyrrole nitrogens is 1. The lowest BCUT2D eigenvalue weighted by Gasteiger charge is -2.14. The zero-order valence-corrected chi connectivity index (χ0v) is 13.4. The maximum atomic E-state index is 12.3. The Balaban J connectivity index is 2.44. The van der Waals surface area contributed by atoms with Gasteiger partial charge in [-0.15, -0.1) is 0 Å². The molecule has 0 bridgehead atoms. The maximum Gasteiger partial charge on any atom is 0.315 e. The minimum absolute atomic E-state index is 0.0565. The van der Waals surface area contributed by atoms with Crippen LogP contribution in [0.5, 0.6) is 5.88 Å². The Kier molecular flexibility index (Phi) is 5.32. The van der Waals surface area contributed by atoms with Crippen molar-refractivity contribution in [2.45, 2.75) is 19.3 Å². The maximum absolute atomic E-state index is 12.3. The fourth-order valence-electron chi connectivity index (χ4n) is 2.40. The number of nitrogens with zero attached hydrogens (tertiary/aromatic N) is 1. The summed E-state index contributed by atoms with van der Waals surface area (Å²) in [6.45, 7) is 1.65. The number of hydrogen-bond acceptors (Lipinski definition) is 4. The number of pyridine rings is 1. The van der Waals surface area contributed by atoms with E-state index in [1.807, 2.05) is 0 Å². The molecular formula is C15H18F2N4O3. The van der Waals surface area contributed by atoms with Crippen LogP contribution in [0.25, 0.3) is 11.0 Å². The molecule has 24 heavy (non-hydrogen) atoms. The van der Waals surface area contributed by atoms with E-state index in [0.717, 1.165) is 0 Å². The summed E-state index contributed by atoms with van der Waals surface area (Å²) in [6, 6.07) is 3.35. The van der Waals surface area contributed by atoms with E-state index in [1.54, 1.807) is 19.1 Å². The number of ether oxygens (including phenoxy) is 1. The summed E-state index contributed by atoms with van der Waals surface area (Å²) in [5, 5.41) is 4.67. The fraction of sp³-hybridized carbons (Fsp3) is 0.400. The topological polar surface area (TPSA) is 96.1 Å². The molecule has 2 amide bonds. The van der Waals surface area contributed by atoms with Crippen LogP contribution in [0.3, 0.4) is 0 Å². The quantitative estimate of drug-likeness (QED) is 0.741. The number of carbonyl (C=O) groups is 2. The smallest absolute Gasteiger partial charge is 0.315 e. The fourth-order valence-corrected chi connectivity index (χ4v) is 2.40. The minimum atomic E-state index is -3.09. The van der Waals surface area contributed by atoms with Crippen molar-refractivity contribution in [3.8, 4) is 5.88 Å². The van der Waals surface area contributed by atoms with E-state index in [1.165, 1.54) is 14.2 Å². The molecular weight excluding hydrogens is 322 g/mol. The van der Waals surface area contributed by atoms with E-state index in [0.29, 0.717) is 22.5 Å². The minimum Gasteiger partial charge on any atom is -0.481 e. The van der Waals surface area contributed by atoms with Gasteiger partial charge in [-0.25, -0.2) is 4.98 Å². The molecule has 9 heteroatoms. The van der Waals surface area contributed by atoms with E-state index < -0.39 is 18.3 Å². The molecule has 0 spiro atoms. The van der Waals surface area contributed by atoms with Crippen molar-refractivity contribution in [3.63, 3.8) is 0 Å². The van der Waals surface area contributed by atoms with Gasteiger partial charge in [0.2, 0.25) is 5.88 Å². The zero-order chi connectivity index (χ0) is 17.9. The van der Waals surface area contributed by atoms with Crippen LogP contribution >= 0.6 is 0 Å². The number of amides is 2. The number of carbonyl (C=O) groups excluding carboxylic acids is 2. The normalized spacial score (nSPS) is 12.2. The van der Waals surface area contributed by atoms with Crippen molar-refractivity contribution in [3.05, 3.63) is 23.4 Å². The Hall–Kier alpha value is -2.71. The second-order valence-electron chi connectivity index (χ2n) is 5.19. The summed E-state index contributed by atoms with van der Waals surface area (Å²) < 4.78 is 29.7. The van der Waals surface area contributed by atoms with Crippen LogP contribution in [0, 0.1) is 0 Å². The highest BCUT2D eigenvalue weighted by Crippen LogP contribution is 2.29. The van der Waals surface area contributed by atoms with E-state index in [-0.39, 0.29) is 18.1 Å². The number of methoxy groups -OCH3 is 1. The summed E-state index contributed by atoms with van der Waals surface area (Å²) in [6.07, 6.45) is -3.09. The highest BCUT2D eigenvalue weighted by molar-refractivity contribution is 6.00. The lowest BCUT2D eigenvalue weighted by Crippen LogP contribution is -2.33. The highest BCUT2D eigenvalue weighted by atomic mass is 19.3. The van der Waals surface area contributed by atoms with Gasteiger partial charge in [0.1, 0.15) is 5.69 Å². The predicted molar refractivity (Wildman–Crippen MR) is 83.5 cm³/mol. The molecule has 2 heterocycles. The second kappa shape index (κ2) is 7.24. The van der Waals surface area contributed by atoms with E-state index in [2.05, 4.69) is 20.6 Å². The Morgan fingerprint density at radius 3 is 2.67 bits per heavy atom. The predicted octanol–water partition coefficient (Wildman–Crippen LogP) is 1.42. The third-order valence-electron chi connectivity index (χ3n) is 3.59. The first-order chi connectivity index (χ1) is 11.4. The van der Waals surface area contributed by atoms with Crippen molar-refractivity contribution < 1.29 is 23.1 Å². The molecule has 0 radical (unpaired) electrons. The number of fused-ring (bicyclic) bond motifs is 1. The van der Waals surface area contributed by atoms with Crippen LogP contribution in [0.1, 0.15) is 28.9 Å². The van der Waals surface area contributed by atoms with Crippen LogP contribution in [0.15, 0.2) is 12.1 Å². The monoisotopic (exact) mass is 340 g/mol. The van der Waals surface area contributed by atoms with Crippen LogP contribution in [-0.2, 0) is 4.79 Å². The van der Waals surface area contributed by atoms with Gasteiger partial charge in [-0.05, 0) is 6.07 Å². The zero-order valence-electron chi connectivity index (χ0n) is 13.4. The van der Waals surface area contributed by atoms with Crippen molar-refractivity contribution in [1.29, 1.82) is 0 Å². The summed E-state index contributed by atoms with van der Waals surface area (Å²) in [7, 11) is 2.95. The van der Waals surface area contributed by atoms with Gasteiger partial charge in [-0.2, -0.15) is 8.78 Å². The van der Waals surface area contributed by atoms with Gasteiger partial charge in [0.05, 0.1) is 18.1 Å². The average molecular weight is 340 g/mol. The first-order valence-corrected chi connectivity index (χ1v) is 7.23. The molecule has 1 atom stereocenters. The number of halogens is 2. The Morgan fingerprint density at radius 2 is 2.08 bits per heavy atom. The van der Waals surface area contributed by atoms with Gasteiger partial charge in [-0.3, -0.25) is 9.59 Å². The summed E-state index contributed by atoms with van der Waals surface area (Å²) in [5.74, 6) is -1.79. The van der Waals surface area contributed by atoms with Gasteiger partial charge in [0.15, 0.2) is 0 Å².